The summed E-state index contributed by atoms with van der Waals surface area (Å²) in [5.74, 6) is -4.75. The van der Waals surface area contributed by atoms with Crippen LogP contribution in [0.1, 0.15) is 29.7 Å². The number of carbonyl (C=O) groups is 1. The molecule has 30 heavy (non-hydrogen) atoms. The van der Waals surface area contributed by atoms with Gasteiger partial charge in [-0.2, -0.15) is 9.10 Å². The summed E-state index contributed by atoms with van der Waals surface area (Å²) in [6.07, 6.45) is 0.144. The zero-order valence-electron chi connectivity index (χ0n) is 15.5. The molecule has 0 spiro atoms. The Bertz CT molecular complexity index is 1200. The highest BCUT2D eigenvalue weighted by Crippen LogP contribution is 2.52. The topological polar surface area (TPSA) is 96.4 Å². The maximum atomic E-state index is 13.4. The third-order valence-electron chi connectivity index (χ3n) is 4.90. The van der Waals surface area contributed by atoms with Crippen molar-refractivity contribution in [2.75, 3.05) is 0 Å². The number of aromatic nitrogens is 1. The molecule has 2 aromatic heterocycles. The zero-order valence-corrected chi connectivity index (χ0v) is 18.0. The number of thiophene rings is 1. The van der Waals surface area contributed by atoms with Crippen molar-refractivity contribution in [3.63, 3.8) is 0 Å². The highest BCUT2D eigenvalue weighted by molar-refractivity contribution is 7.91. The third kappa shape index (κ3) is 3.78. The van der Waals surface area contributed by atoms with Gasteiger partial charge in [-0.25, -0.2) is 17.2 Å². The number of rotatable bonds is 7. The highest BCUT2D eigenvalue weighted by Gasteiger charge is 2.63. The lowest BCUT2D eigenvalue weighted by Crippen LogP contribution is -2.44. The van der Waals surface area contributed by atoms with Crippen molar-refractivity contribution in [1.29, 1.82) is 0 Å². The first-order valence-electron chi connectivity index (χ1n) is 8.80. The summed E-state index contributed by atoms with van der Waals surface area (Å²) < 4.78 is 58.8. The second-order valence-corrected chi connectivity index (χ2v) is 10.9. The lowest BCUT2D eigenvalue weighted by molar-refractivity contribution is -0.140. The van der Waals surface area contributed by atoms with E-state index < -0.39 is 33.4 Å². The smallest absolute Gasteiger partial charge is 0.325 e. The number of sulfonamides is 1. The van der Waals surface area contributed by atoms with Gasteiger partial charge in [0.2, 0.25) is 0 Å². The largest absolute Gasteiger partial charge is 0.480 e. The van der Waals surface area contributed by atoms with Crippen LogP contribution in [0.4, 0.5) is 8.78 Å². The molecule has 1 aromatic carbocycles. The average Bonchev–Trinajstić information content (AvgIpc) is 3.05. The van der Waals surface area contributed by atoms with E-state index in [0.29, 0.717) is 16.4 Å². The molecule has 2 atom stereocenters. The predicted octanol–water partition coefficient (Wildman–Crippen LogP) is 4.27. The minimum Gasteiger partial charge on any atom is -0.480 e. The Morgan fingerprint density at radius 2 is 1.97 bits per heavy atom. The summed E-state index contributed by atoms with van der Waals surface area (Å²) in [5.41, 5.74) is -0.614. The van der Waals surface area contributed by atoms with Gasteiger partial charge in [-0.05, 0) is 41.7 Å². The molecule has 0 aliphatic heterocycles. The summed E-state index contributed by atoms with van der Waals surface area (Å²) in [7, 11) is -4.14. The van der Waals surface area contributed by atoms with Gasteiger partial charge in [0.1, 0.15) is 9.75 Å². The van der Waals surface area contributed by atoms with Crippen LogP contribution in [0.3, 0.4) is 0 Å². The van der Waals surface area contributed by atoms with Gasteiger partial charge in [-0.15, -0.1) is 11.3 Å². The summed E-state index contributed by atoms with van der Waals surface area (Å²) in [6.45, 7) is 0.767. The maximum Gasteiger partial charge on any atom is 0.325 e. The number of halogens is 2. The lowest BCUT2D eigenvalue weighted by Gasteiger charge is -2.14. The fraction of sp³-hybridized carbons (Fsp3) is 0.263. The molecule has 1 fully saturated rings. The van der Waals surface area contributed by atoms with Crippen molar-refractivity contribution >= 4 is 38.9 Å². The fourth-order valence-corrected chi connectivity index (χ4v) is 6.64. The molecule has 6 nitrogen and oxygen atoms in total. The van der Waals surface area contributed by atoms with Crippen LogP contribution in [0, 0.1) is 0 Å². The first-order valence-corrected chi connectivity index (χ1v) is 11.9. The van der Waals surface area contributed by atoms with Crippen molar-refractivity contribution < 1.29 is 27.1 Å². The Morgan fingerprint density at radius 1 is 1.27 bits per heavy atom. The van der Waals surface area contributed by atoms with Gasteiger partial charge in [-0.1, -0.05) is 30.3 Å². The number of nitrogens with one attached hydrogen (secondary N) is 1. The second kappa shape index (κ2) is 7.19. The number of hydrogen-bond acceptors (Lipinski definition) is 6. The van der Waals surface area contributed by atoms with E-state index >= 15 is 0 Å². The van der Waals surface area contributed by atoms with Crippen LogP contribution >= 0.6 is 22.9 Å². The Kier molecular flexibility index (Phi) is 5.04. The number of benzene rings is 1. The molecule has 1 aliphatic rings. The van der Waals surface area contributed by atoms with Crippen molar-refractivity contribution in [1.82, 2.24) is 9.10 Å². The Morgan fingerprint density at radius 3 is 2.57 bits per heavy atom. The Labute approximate surface area is 179 Å². The van der Waals surface area contributed by atoms with E-state index in [4.69, 9.17) is 0 Å². The lowest BCUT2D eigenvalue weighted by atomic mass is 10.1. The minimum absolute atomic E-state index is 0.102. The quantitative estimate of drug-likeness (QED) is 0.538. The van der Waals surface area contributed by atoms with E-state index in [1.54, 1.807) is 30.3 Å². The molecule has 0 bridgehead atoms. The van der Waals surface area contributed by atoms with Crippen molar-refractivity contribution in [3.8, 4) is 10.6 Å². The van der Waals surface area contributed by atoms with Crippen LogP contribution in [0.5, 0.6) is 0 Å². The number of aliphatic carboxylic acids is 1. The number of carboxylic acid groups (broad SMARTS) is 1. The standard InChI is InChI=1S/C19H16F2N2O4S3/c1-18(20,21)15-9-13(22-29-15)14-7-8-16(28-14)30(26,27)23-19(17(24)25)10-12(19)11-5-3-2-4-6-11/h2-9,12,23H,10H2,1H3,(H,24,25)/t12-,19-/m0/s1. The van der Waals surface area contributed by atoms with Crippen LogP contribution in [-0.4, -0.2) is 29.4 Å². The van der Waals surface area contributed by atoms with Crippen molar-refractivity contribution in [2.45, 2.75) is 34.9 Å². The molecule has 0 unspecified atom stereocenters. The van der Waals surface area contributed by atoms with Gasteiger partial charge < -0.3 is 5.11 Å². The molecule has 4 rings (SSSR count). The Hall–Kier alpha value is -2.21. The summed E-state index contributed by atoms with van der Waals surface area (Å²) in [6, 6.07) is 12.9. The van der Waals surface area contributed by atoms with Gasteiger partial charge in [0.05, 0.1) is 15.4 Å². The number of nitrogens with zero attached hydrogens (tertiary/aromatic N) is 1. The summed E-state index contributed by atoms with van der Waals surface area (Å²) in [5, 5.41) is 9.70. The van der Waals surface area contributed by atoms with E-state index in [9.17, 15) is 27.1 Å². The first kappa shape index (κ1) is 21.0. The zero-order chi connectivity index (χ0) is 21.7. The molecule has 2 N–H and O–H groups in total. The molecular weight excluding hydrogens is 454 g/mol. The minimum atomic E-state index is -4.14. The highest BCUT2D eigenvalue weighted by atomic mass is 32.2. The van der Waals surface area contributed by atoms with Gasteiger partial charge in [0, 0.05) is 12.8 Å². The molecule has 158 valence electrons. The molecule has 1 saturated carbocycles. The maximum absolute atomic E-state index is 13.4. The van der Waals surface area contributed by atoms with E-state index in [0.717, 1.165) is 23.8 Å². The molecule has 3 aromatic rings. The fourth-order valence-electron chi connectivity index (χ4n) is 3.23. The van der Waals surface area contributed by atoms with Crippen LogP contribution in [-0.2, 0) is 20.7 Å². The van der Waals surface area contributed by atoms with E-state index in [2.05, 4.69) is 9.10 Å². The first-order chi connectivity index (χ1) is 14.0. The molecule has 1 aliphatic carbocycles. The predicted molar refractivity (Wildman–Crippen MR) is 109 cm³/mol. The molecule has 2 heterocycles. The van der Waals surface area contributed by atoms with Crippen LogP contribution in [0.25, 0.3) is 10.6 Å². The van der Waals surface area contributed by atoms with E-state index in [-0.39, 0.29) is 21.2 Å². The van der Waals surface area contributed by atoms with Crippen LogP contribution in [0.15, 0.2) is 52.7 Å². The summed E-state index contributed by atoms with van der Waals surface area (Å²) >= 11 is 1.50. The SMILES string of the molecule is CC(F)(F)c1cc(-c2ccc(S(=O)(=O)N[C@@]3(C(=O)O)C[C@H]3c3ccccc3)s2)ns1. The second-order valence-electron chi connectivity index (χ2n) is 7.13. The van der Waals surface area contributed by atoms with Gasteiger partial charge in [-0.3, -0.25) is 4.79 Å². The number of carboxylic acids is 1. The molecule has 0 saturated heterocycles. The van der Waals surface area contributed by atoms with Crippen molar-refractivity contribution in [3.05, 3.63) is 59.0 Å². The average molecular weight is 471 g/mol. The monoisotopic (exact) mass is 470 g/mol. The van der Waals surface area contributed by atoms with Gasteiger partial charge in [0.25, 0.3) is 15.9 Å². The molecule has 11 heteroatoms. The number of hydrogen-bond donors (Lipinski definition) is 2. The molecule has 0 radical (unpaired) electrons. The van der Waals surface area contributed by atoms with Crippen molar-refractivity contribution in [2.24, 2.45) is 0 Å². The third-order valence-corrected chi connectivity index (χ3v) is 8.97. The number of alkyl halides is 2. The van der Waals surface area contributed by atoms with E-state index in [1.807, 2.05) is 0 Å². The molecular formula is C19H16F2N2O4S3. The normalized spacial score (nSPS) is 21.5. The summed E-state index contributed by atoms with van der Waals surface area (Å²) in [4.78, 5) is 12.1. The molecule has 0 amide bonds. The van der Waals surface area contributed by atoms with E-state index in [1.165, 1.54) is 18.2 Å². The van der Waals surface area contributed by atoms with Crippen LogP contribution < -0.4 is 4.72 Å². The Balaban J connectivity index is 1.59. The van der Waals surface area contributed by atoms with Gasteiger partial charge in [0.15, 0.2) is 0 Å². The van der Waals surface area contributed by atoms with Crippen LogP contribution in [0.2, 0.25) is 0 Å². The van der Waals surface area contributed by atoms with Gasteiger partial charge >= 0.3 is 5.97 Å².